The van der Waals surface area contributed by atoms with Crippen LogP contribution in [0.3, 0.4) is 0 Å². The molecule has 0 radical (unpaired) electrons. The van der Waals surface area contributed by atoms with Gasteiger partial charge in [-0.3, -0.25) is 9.59 Å². The number of nitrogens with zero attached hydrogens (tertiary/aromatic N) is 2. The molecule has 1 aliphatic rings. The number of carbonyl (C=O) groups excluding carboxylic acids is 1. The third-order valence-electron chi connectivity index (χ3n) is 6.06. The summed E-state index contributed by atoms with van der Waals surface area (Å²) in [5, 5.41) is 2.27. The largest absolute Gasteiger partial charge is 0.497 e. The van der Waals surface area contributed by atoms with Gasteiger partial charge in [-0.1, -0.05) is 42.5 Å². The second-order valence-corrected chi connectivity index (χ2v) is 8.32. The topological polar surface area (TPSA) is 63.0 Å². The first-order valence-electron chi connectivity index (χ1n) is 10.6. The number of amides is 1. The minimum atomic E-state index is -0.528. The maximum absolute atomic E-state index is 13.8. The van der Waals surface area contributed by atoms with Crippen LogP contribution >= 0.6 is 0 Å². The number of fused-ring (bicyclic) bond motifs is 4. The Morgan fingerprint density at radius 3 is 2.59 bits per heavy atom. The molecule has 1 aliphatic heterocycles. The fraction of sp³-hybridized carbons (Fsp3) is 0.231. The summed E-state index contributed by atoms with van der Waals surface area (Å²) in [5.74, 6) is 0.541. The quantitative estimate of drug-likeness (QED) is 0.449. The lowest BCUT2D eigenvalue weighted by Gasteiger charge is -2.26. The Hall–Kier alpha value is -3.64. The highest BCUT2D eigenvalue weighted by molar-refractivity contribution is 6.06. The zero-order valence-electron chi connectivity index (χ0n) is 18.3. The van der Waals surface area contributed by atoms with Crippen molar-refractivity contribution in [2.24, 2.45) is 0 Å². The first-order valence-corrected chi connectivity index (χ1v) is 10.6. The summed E-state index contributed by atoms with van der Waals surface area (Å²) in [7, 11) is 5.51. The van der Waals surface area contributed by atoms with E-state index in [9.17, 15) is 9.59 Å². The third-order valence-corrected chi connectivity index (χ3v) is 6.06. The Morgan fingerprint density at radius 2 is 1.81 bits per heavy atom. The van der Waals surface area contributed by atoms with E-state index in [-0.39, 0.29) is 17.1 Å². The van der Waals surface area contributed by atoms with Gasteiger partial charge in [0.15, 0.2) is 5.43 Å². The summed E-state index contributed by atoms with van der Waals surface area (Å²) in [6.07, 6.45) is 0. The lowest BCUT2D eigenvalue weighted by atomic mass is 9.97. The summed E-state index contributed by atoms with van der Waals surface area (Å²) in [4.78, 5) is 31.0. The highest BCUT2D eigenvalue weighted by Gasteiger charge is 2.42. The SMILES string of the molecule is COc1cccc([C@@H]2c3c(oc4c(ccc5ccccc54)c3=O)C(=O)N2CCN(C)C)c1. The van der Waals surface area contributed by atoms with Crippen LogP contribution in [0.25, 0.3) is 21.7 Å². The Balaban J connectivity index is 1.77. The van der Waals surface area contributed by atoms with E-state index in [1.54, 1.807) is 18.1 Å². The molecule has 5 rings (SSSR count). The van der Waals surface area contributed by atoms with Crippen LogP contribution in [-0.4, -0.2) is 50.0 Å². The van der Waals surface area contributed by atoms with Gasteiger partial charge in [0.2, 0.25) is 5.76 Å². The lowest BCUT2D eigenvalue weighted by Crippen LogP contribution is -2.35. The molecule has 3 aromatic carbocycles. The summed E-state index contributed by atoms with van der Waals surface area (Å²) >= 11 is 0. The van der Waals surface area contributed by atoms with Crippen molar-refractivity contribution in [3.05, 3.63) is 87.8 Å². The number of ether oxygens (including phenoxy) is 1. The van der Waals surface area contributed by atoms with E-state index in [0.717, 1.165) is 16.3 Å². The van der Waals surface area contributed by atoms with Gasteiger partial charge in [-0.2, -0.15) is 0 Å². The van der Waals surface area contributed by atoms with E-state index < -0.39 is 6.04 Å². The molecule has 2 heterocycles. The fourth-order valence-corrected chi connectivity index (χ4v) is 4.44. The molecule has 0 N–H and O–H groups in total. The molecule has 1 aromatic heterocycles. The van der Waals surface area contributed by atoms with Gasteiger partial charge in [0.1, 0.15) is 11.3 Å². The van der Waals surface area contributed by atoms with Crippen LogP contribution in [0.4, 0.5) is 0 Å². The van der Waals surface area contributed by atoms with Gasteiger partial charge in [-0.05, 0) is 43.2 Å². The zero-order chi connectivity index (χ0) is 22.4. The average Bonchev–Trinajstić information content (AvgIpc) is 3.09. The van der Waals surface area contributed by atoms with Crippen LogP contribution in [0, 0.1) is 0 Å². The summed E-state index contributed by atoms with van der Waals surface area (Å²) in [6.45, 7) is 1.13. The molecular formula is C26H24N2O4. The number of hydrogen-bond donors (Lipinski definition) is 0. The summed E-state index contributed by atoms with van der Waals surface area (Å²) in [5.41, 5.74) is 1.51. The third kappa shape index (κ3) is 3.15. The first kappa shape index (κ1) is 20.3. The Kier molecular flexibility index (Phi) is 4.94. The van der Waals surface area contributed by atoms with Crippen LogP contribution in [0.5, 0.6) is 5.75 Å². The van der Waals surface area contributed by atoms with Crippen molar-refractivity contribution in [1.29, 1.82) is 0 Å². The number of carbonyl (C=O) groups is 1. The molecule has 6 nitrogen and oxygen atoms in total. The van der Waals surface area contributed by atoms with Crippen LogP contribution < -0.4 is 10.2 Å². The molecule has 1 atom stereocenters. The monoisotopic (exact) mass is 428 g/mol. The molecule has 0 spiro atoms. The van der Waals surface area contributed by atoms with Gasteiger partial charge >= 0.3 is 0 Å². The molecule has 6 heteroatoms. The second kappa shape index (κ2) is 7.80. The highest BCUT2D eigenvalue weighted by Crippen LogP contribution is 2.39. The van der Waals surface area contributed by atoms with E-state index in [1.807, 2.05) is 73.6 Å². The zero-order valence-corrected chi connectivity index (χ0v) is 18.3. The Bertz CT molecular complexity index is 1410. The van der Waals surface area contributed by atoms with Gasteiger partial charge in [0.05, 0.1) is 24.1 Å². The molecule has 1 amide bonds. The number of benzene rings is 3. The van der Waals surface area contributed by atoms with Gasteiger partial charge in [-0.15, -0.1) is 0 Å². The van der Waals surface area contributed by atoms with Crippen molar-refractivity contribution in [3.8, 4) is 5.75 Å². The van der Waals surface area contributed by atoms with Crippen molar-refractivity contribution < 1.29 is 13.9 Å². The molecule has 4 aromatic rings. The number of rotatable bonds is 5. The molecule has 0 unspecified atom stereocenters. The minimum Gasteiger partial charge on any atom is -0.497 e. The molecule has 0 bridgehead atoms. The molecular weight excluding hydrogens is 404 g/mol. The van der Waals surface area contributed by atoms with Crippen molar-refractivity contribution in [3.63, 3.8) is 0 Å². The molecule has 0 saturated carbocycles. The molecule has 32 heavy (non-hydrogen) atoms. The van der Waals surface area contributed by atoms with Crippen molar-refractivity contribution in [2.45, 2.75) is 6.04 Å². The normalized spacial score (nSPS) is 15.7. The van der Waals surface area contributed by atoms with Gasteiger partial charge in [0, 0.05) is 18.5 Å². The van der Waals surface area contributed by atoms with E-state index in [4.69, 9.17) is 9.15 Å². The molecule has 0 aliphatic carbocycles. The van der Waals surface area contributed by atoms with Crippen LogP contribution in [-0.2, 0) is 0 Å². The van der Waals surface area contributed by atoms with Gasteiger partial charge in [-0.25, -0.2) is 0 Å². The van der Waals surface area contributed by atoms with Crippen LogP contribution in [0.1, 0.15) is 27.7 Å². The average molecular weight is 428 g/mol. The maximum atomic E-state index is 13.8. The lowest BCUT2D eigenvalue weighted by molar-refractivity contribution is 0.0716. The maximum Gasteiger partial charge on any atom is 0.290 e. The van der Waals surface area contributed by atoms with E-state index in [2.05, 4.69) is 0 Å². The van der Waals surface area contributed by atoms with Crippen LogP contribution in [0.2, 0.25) is 0 Å². The number of methoxy groups -OCH3 is 1. The summed E-state index contributed by atoms with van der Waals surface area (Å²) < 4.78 is 11.6. The molecule has 0 saturated heterocycles. The number of hydrogen-bond acceptors (Lipinski definition) is 5. The highest BCUT2D eigenvalue weighted by atomic mass is 16.5. The fourth-order valence-electron chi connectivity index (χ4n) is 4.44. The minimum absolute atomic E-state index is 0.130. The Morgan fingerprint density at radius 1 is 1.00 bits per heavy atom. The van der Waals surface area contributed by atoms with Crippen molar-refractivity contribution >= 4 is 27.6 Å². The van der Waals surface area contributed by atoms with E-state index in [0.29, 0.717) is 35.4 Å². The predicted molar refractivity (Wildman–Crippen MR) is 124 cm³/mol. The smallest absolute Gasteiger partial charge is 0.290 e. The number of likely N-dealkylation sites (N-methyl/N-ethyl adjacent to an activating group) is 1. The molecule has 0 fully saturated rings. The predicted octanol–water partition coefficient (Wildman–Crippen LogP) is 4.06. The molecule has 162 valence electrons. The van der Waals surface area contributed by atoms with Crippen molar-refractivity contribution in [1.82, 2.24) is 9.80 Å². The van der Waals surface area contributed by atoms with Gasteiger partial charge < -0.3 is 19.0 Å². The van der Waals surface area contributed by atoms with Crippen LogP contribution in [0.15, 0.2) is 69.9 Å². The van der Waals surface area contributed by atoms with E-state index in [1.165, 1.54) is 0 Å². The van der Waals surface area contributed by atoms with Gasteiger partial charge in [0.25, 0.3) is 5.91 Å². The Labute approximate surface area is 185 Å². The second-order valence-electron chi connectivity index (χ2n) is 8.32. The van der Waals surface area contributed by atoms with E-state index >= 15 is 0 Å². The standard InChI is InChI=1S/C26H24N2O4/c1-27(2)13-14-28-22(17-8-6-9-18(15-17)31-3)21-23(29)20-12-11-16-7-4-5-10-19(16)24(20)32-25(21)26(28)30/h4-12,15,22H,13-14H2,1-3H3/t22-/m1/s1. The summed E-state index contributed by atoms with van der Waals surface area (Å²) in [6, 6.07) is 18.4. The van der Waals surface area contributed by atoms with Crippen molar-refractivity contribution in [2.75, 3.05) is 34.3 Å². The first-order chi connectivity index (χ1) is 15.5.